The summed E-state index contributed by atoms with van der Waals surface area (Å²) >= 11 is 0. The minimum atomic E-state index is -3.81. The molecule has 0 saturated carbocycles. The zero-order chi connectivity index (χ0) is 20.1. The van der Waals surface area contributed by atoms with Crippen LogP contribution in [0.3, 0.4) is 0 Å². The van der Waals surface area contributed by atoms with Gasteiger partial charge in [-0.25, -0.2) is 17.5 Å². The number of carbonyl (C=O) groups excluding carboxylic acids is 1. The molecule has 1 atom stereocenters. The number of benzene rings is 2. The number of halogens is 1. The summed E-state index contributed by atoms with van der Waals surface area (Å²) in [7, 11) is -2.43. The molecule has 1 heterocycles. The highest BCUT2D eigenvalue weighted by Crippen LogP contribution is 2.28. The summed E-state index contributed by atoms with van der Waals surface area (Å²) in [6.45, 7) is 0.798. The van der Waals surface area contributed by atoms with Crippen LogP contribution in [0.5, 0.6) is 5.75 Å². The number of carbonyl (C=O) groups is 1. The maximum Gasteiger partial charge on any atom is 0.258 e. The van der Waals surface area contributed by atoms with E-state index < -0.39 is 21.7 Å². The van der Waals surface area contributed by atoms with Crippen LogP contribution >= 0.6 is 0 Å². The van der Waals surface area contributed by atoms with Gasteiger partial charge in [0.2, 0.25) is 10.0 Å². The van der Waals surface area contributed by atoms with Crippen LogP contribution in [0.25, 0.3) is 0 Å². The number of ether oxygens (including phenoxy) is 2. The molecule has 2 aromatic carbocycles. The van der Waals surface area contributed by atoms with Gasteiger partial charge in [0, 0.05) is 13.2 Å². The third-order valence-electron chi connectivity index (χ3n) is 4.37. The Morgan fingerprint density at radius 2 is 2.07 bits per heavy atom. The van der Waals surface area contributed by atoms with Crippen molar-refractivity contribution in [1.82, 2.24) is 4.72 Å². The van der Waals surface area contributed by atoms with Crippen LogP contribution in [-0.2, 0) is 14.8 Å². The van der Waals surface area contributed by atoms with Crippen molar-refractivity contribution in [2.75, 3.05) is 25.6 Å². The lowest BCUT2D eigenvalue weighted by Gasteiger charge is -2.14. The third kappa shape index (κ3) is 4.67. The molecular weight excluding hydrogens is 387 g/mol. The lowest BCUT2D eigenvalue weighted by atomic mass is 10.2. The predicted molar refractivity (Wildman–Crippen MR) is 102 cm³/mol. The number of hydrogen-bond acceptors (Lipinski definition) is 5. The smallest absolute Gasteiger partial charge is 0.258 e. The number of amides is 1. The molecule has 7 nitrogen and oxygen atoms in total. The van der Waals surface area contributed by atoms with E-state index in [0.29, 0.717) is 6.61 Å². The number of sulfonamides is 1. The van der Waals surface area contributed by atoms with E-state index in [0.717, 1.165) is 12.8 Å². The van der Waals surface area contributed by atoms with Crippen LogP contribution in [0.15, 0.2) is 47.4 Å². The SMILES string of the molecule is COc1ccc(S(=O)(=O)NC[C@H]2CCCO2)cc1NC(=O)c1ccccc1F. The van der Waals surface area contributed by atoms with Crippen molar-refractivity contribution < 1.29 is 27.1 Å². The van der Waals surface area contributed by atoms with Crippen molar-refractivity contribution in [3.8, 4) is 5.75 Å². The van der Waals surface area contributed by atoms with E-state index in [1.54, 1.807) is 0 Å². The Morgan fingerprint density at radius 1 is 1.29 bits per heavy atom. The van der Waals surface area contributed by atoms with Crippen LogP contribution in [0.1, 0.15) is 23.2 Å². The average Bonchev–Trinajstić information content (AvgIpc) is 3.20. The fourth-order valence-corrected chi connectivity index (χ4v) is 3.97. The molecule has 0 radical (unpaired) electrons. The molecule has 1 fully saturated rings. The van der Waals surface area contributed by atoms with Gasteiger partial charge < -0.3 is 14.8 Å². The molecular formula is C19H21FN2O5S. The Labute approximate surface area is 162 Å². The Kier molecular flexibility index (Phi) is 6.28. The first-order valence-electron chi connectivity index (χ1n) is 8.76. The van der Waals surface area contributed by atoms with Gasteiger partial charge in [-0.2, -0.15) is 0 Å². The highest BCUT2D eigenvalue weighted by atomic mass is 32.2. The van der Waals surface area contributed by atoms with E-state index in [2.05, 4.69) is 10.0 Å². The summed E-state index contributed by atoms with van der Waals surface area (Å²) in [4.78, 5) is 12.3. The highest BCUT2D eigenvalue weighted by Gasteiger charge is 2.22. The Balaban J connectivity index is 1.81. The Morgan fingerprint density at radius 3 is 2.75 bits per heavy atom. The topological polar surface area (TPSA) is 93.7 Å². The lowest BCUT2D eigenvalue weighted by molar-refractivity contribution is 0.102. The molecule has 2 N–H and O–H groups in total. The van der Waals surface area contributed by atoms with Gasteiger partial charge >= 0.3 is 0 Å². The van der Waals surface area contributed by atoms with Crippen molar-refractivity contribution >= 4 is 21.6 Å². The predicted octanol–water partition coefficient (Wildman–Crippen LogP) is 2.54. The molecule has 0 bridgehead atoms. The van der Waals surface area contributed by atoms with Gasteiger partial charge in [-0.05, 0) is 43.2 Å². The molecule has 1 aliphatic heterocycles. The second-order valence-corrected chi connectivity index (χ2v) is 8.05. The van der Waals surface area contributed by atoms with Crippen LogP contribution in [0.2, 0.25) is 0 Å². The van der Waals surface area contributed by atoms with E-state index in [1.807, 2.05) is 0 Å². The van der Waals surface area contributed by atoms with Gasteiger partial charge in [0.25, 0.3) is 5.91 Å². The van der Waals surface area contributed by atoms with Gasteiger partial charge in [0.05, 0.1) is 29.4 Å². The lowest BCUT2D eigenvalue weighted by Crippen LogP contribution is -2.31. The number of hydrogen-bond donors (Lipinski definition) is 2. The Bertz CT molecular complexity index is 959. The molecule has 0 aliphatic carbocycles. The second kappa shape index (κ2) is 8.68. The van der Waals surface area contributed by atoms with E-state index in [1.165, 1.54) is 49.6 Å². The zero-order valence-electron chi connectivity index (χ0n) is 15.3. The average molecular weight is 408 g/mol. The normalized spacial score (nSPS) is 16.7. The molecule has 0 spiro atoms. The molecule has 28 heavy (non-hydrogen) atoms. The van der Waals surface area contributed by atoms with E-state index in [-0.39, 0.29) is 34.5 Å². The molecule has 9 heteroatoms. The molecule has 0 aromatic heterocycles. The number of rotatable bonds is 7. The standard InChI is InChI=1S/C19H21FN2O5S/c1-26-18-9-8-14(28(24,25)21-12-13-5-4-10-27-13)11-17(18)22-19(23)15-6-2-3-7-16(15)20/h2-3,6-9,11,13,21H,4-5,10,12H2,1H3,(H,22,23)/t13-/m1/s1. The van der Waals surface area contributed by atoms with Crippen LogP contribution in [0, 0.1) is 5.82 Å². The summed E-state index contributed by atoms with van der Waals surface area (Å²) in [5.74, 6) is -1.14. The van der Waals surface area contributed by atoms with Crippen molar-refractivity contribution in [2.45, 2.75) is 23.8 Å². The summed E-state index contributed by atoms with van der Waals surface area (Å²) in [6.07, 6.45) is 1.56. The first-order chi connectivity index (χ1) is 13.4. The fraction of sp³-hybridized carbons (Fsp3) is 0.316. The summed E-state index contributed by atoms with van der Waals surface area (Å²) < 4.78 is 52.1. The minimum absolute atomic E-state index is 0.0462. The zero-order valence-corrected chi connectivity index (χ0v) is 16.1. The van der Waals surface area contributed by atoms with Crippen molar-refractivity contribution in [2.24, 2.45) is 0 Å². The van der Waals surface area contributed by atoms with E-state index in [9.17, 15) is 17.6 Å². The molecule has 0 unspecified atom stereocenters. The van der Waals surface area contributed by atoms with Crippen molar-refractivity contribution in [3.63, 3.8) is 0 Å². The van der Waals surface area contributed by atoms with Crippen molar-refractivity contribution in [1.29, 1.82) is 0 Å². The quantitative estimate of drug-likeness (QED) is 0.734. The second-order valence-electron chi connectivity index (χ2n) is 6.28. The summed E-state index contributed by atoms with van der Waals surface area (Å²) in [6, 6.07) is 9.58. The molecule has 150 valence electrons. The van der Waals surface area contributed by atoms with E-state index in [4.69, 9.17) is 9.47 Å². The molecule has 1 amide bonds. The van der Waals surface area contributed by atoms with Crippen LogP contribution in [-0.4, -0.2) is 40.7 Å². The number of nitrogens with one attached hydrogen (secondary N) is 2. The van der Waals surface area contributed by atoms with Crippen LogP contribution < -0.4 is 14.8 Å². The number of anilines is 1. The minimum Gasteiger partial charge on any atom is -0.495 e. The molecule has 3 rings (SSSR count). The monoisotopic (exact) mass is 408 g/mol. The van der Waals surface area contributed by atoms with Gasteiger partial charge in [0.1, 0.15) is 11.6 Å². The molecule has 1 saturated heterocycles. The van der Waals surface area contributed by atoms with Crippen LogP contribution in [0.4, 0.5) is 10.1 Å². The number of methoxy groups -OCH3 is 1. The van der Waals surface area contributed by atoms with Gasteiger partial charge in [-0.1, -0.05) is 12.1 Å². The largest absolute Gasteiger partial charge is 0.495 e. The first kappa shape index (κ1) is 20.2. The maximum absolute atomic E-state index is 13.8. The van der Waals surface area contributed by atoms with Gasteiger partial charge in [-0.15, -0.1) is 0 Å². The molecule has 2 aromatic rings. The summed E-state index contributed by atoms with van der Waals surface area (Å²) in [5, 5.41) is 2.51. The molecule has 1 aliphatic rings. The van der Waals surface area contributed by atoms with E-state index >= 15 is 0 Å². The van der Waals surface area contributed by atoms with Gasteiger partial charge in [-0.3, -0.25) is 4.79 Å². The fourth-order valence-electron chi connectivity index (χ4n) is 2.88. The maximum atomic E-state index is 13.8. The first-order valence-corrected chi connectivity index (χ1v) is 10.2. The Hall–Kier alpha value is -2.49. The summed E-state index contributed by atoms with van der Waals surface area (Å²) in [5.41, 5.74) is -0.0370. The highest BCUT2D eigenvalue weighted by molar-refractivity contribution is 7.89. The van der Waals surface area contributed by atoms with Gasteiger partial charge in [0.15, 0.2) is 0 Å². The third-order valence-corrected chi connectivity index (χ3v) is 5.79. The van der Waals surface area contributed by atoms with Crippen molar-refractivity contribution in [3.05, 3.63) is 53.8 Å².